The van der Waals surface area contributed by atoms with Crippen LogP contribution in [0.1, 0.15) is 37.4 Å². The molecule has 84 valence electrons. The Labute approximate surface area is 87.1 Å². The monoisotopic (exact) mass is 217 g/mol. The summed E-state index contributed by atoms with van der Waals surface area (Å²) in [5.41, 5.74) is 5.69. The molecule has 2 N–H and O–H groups in total. The van der Waals surface area contributed by atoms with Gasteiger partial charge in [0, 0.05) is 17.2 Å². The van der Waals surface area contributed by atoms with E-state index in [0.29, 0.717) is 0 Å². The van der Waals surface area contributed by atoms with Crippen LogP contribution in [-0.2, 0) is 0 Å². The van der Waals surface area contributed by atoms with Gasteiger partial charge in [0.05, 0.1) is 0 Å². The third kappa shape index (κ3) is 2.72. The fourth-order valence-electron chi connectivity index (χ4n) is 1.31. The molecule has 1 rings (SSSR count). The van der Waals surface area contributed by atoms with E-state index in [9.17, 15) is 13.2 Å². The lowest BCUT2D eigenvalue weighted by molar-refractivity contribution is 0.151. The highest BCUT2D eigenvalue weighted by atomic mass is 19.3. The molecular weight excluding hydrogens is 203 g/mol. The number of rotatable bonds is 3. The predicted octanol–water partition coefficient (Wildman–Crippen LogP) is 3.42. The second kappa shape index (κ2) is 4.66. The SMILES string of the molecule is CC(C)[C@H](N)c1cc(C(F)F)ccc1F. The van der Waals surface area contributed by atoms with Crippen LogP contribution in [0, 0.1) is 11.7 Å². The number of halogens is 3. The van der Waals surface area contributed by atoms with Crippen molar-refractivity contribution in [1.29, 1.82) is 0 Å². The van der Waals surface area contributed by atoms with Gasteiger partial charge < -0.3 is 5.73 Å². The first kappa shape index (κ1) is 12.0. The Morgan fingerprint density at radius 1 is 1.20 bits per heavy atom. The number of benzene rings is 1. The van der Waals surface area contributed by atoms with E-state index in [1.807, 2.05) is 13.8 Å². The summed E-state index contributed by atoms with van der Waals surface area (Å²) in [6.45, 7) is 3.64. The first-order valence-corrected chi connectivity index (χ1v) is 4.76. The zero-order valence-electron chi connectivity index (χ0n) is 8.68. The molecule has 0 aliphatic rings. The van der Waals surface area contributed by atoms with E-state index in [1.54, 1.807) is 0 Å². The van der Waals surface area contributed by atoms with Gasteiger partial charge in [-0.1, -0.05) is 19.9 Å². The van der Waals surface area contributed by atoms with Crippen molar-refractivity contribution >= 4 is 0 Å². The Balaban J connectivity index is 3.10. The first-order valence-electron chi connectivity index (χ1n) is 4.76. The minimum absolute atomic E-state index is 0.00687. The van der Waals surface area contributed by atoms with E-state index in [1.165, 1.54) is 0 Å². The Bertz CT molecular complexity index is 337. The third-order valence-electron chi connectivity index (χ3n) is 2.35. The van der Waals surface area contributed by atoms with Crippen LogP contribution in [0.4, 0.5) is 13.2 Å². The molecule has 0 fully saturated rings. The van der Waals surface area contributed by atoms with Gasteiger partial charge in [-0.3, -0.25) is 0 Å². The third-order valence-corrected chi connectivity index (χ3v) is 2.35. The predicted molar refractivity (Wildman–Crippen MR) is 53.1 cm³/mol. The molecule has 0 aromatic heterocycles. The maximum atomic E-state index is 13.3. The minimum atomic E-state index is -2.59. The van der Waals surface area contributed by atoms with Crippen LogP contribution < -0.4 is 5.73 Å². The molecule has 0 spiro atoms. The molecule has 0 radical (unpaired) electrons. The Morgan fingerprint density at radius 3 is 2.27 bits per heavy atom. The molecule has 4 heteroatoms. The molecule has 0 saturated carbocycles. The fourth-order valence-corrected chi connectivity index (χ4v) is 1.31. The average molecular weight is 217 g/mol. The zero-order chi connectivity index (χ0) is 11.6. The highest BCUT2D eigenvalue weighted by molar-refractivity contribution is 5.28. The molecule has 0 heterocycles. The second-order valence-corrected chi connectivity index (χ2v) is 3.85. The molecule has 1 aromatic rings. The van der Waals surface area contributed by atoms with Gasteiger partial charge in [-0.25, -0.2) is 13.2 Å². The fraction of sp³-hybridized carbons (Fsp3) is 0.455. The van der Waals surface area contributed by atoms with Crippen molar-refractivity contribution in [3.8, 4) is 0 Å². The summed E-state index contributed by atoms with van der Waals surface area (Å²) >= 11 is 0. The maximum Gasteiger partial charge on any atom is 0.263 e. The molecule has 15 heavy (non-hydrogen) atoms. The van der Waals surface area contributed by atoms with Gasteiger partial charge in [0.2, 0.25) is 0 Å². The normalized spacial score (nSPS) is 13.6. The summed E-state index contributed by atoms with van der Waals surface area (Å²) < 4.78 is 38.1. The highest BCUT2D eigenvalue weighted by Crippen LogP contribution is 2.27. The Hall–Kier alpha value is -1.03. The smallest absolute Gasteiger partial charge is 0.263 e. The largest absolute Gasteiger partial charge is 0.324 e. The van der Waals surface area contributed by atoms with Crippen LogP contribution in [0.2, 0.25) is 0 Å². The number of nitrogens with two attached hydrogens (primary N) is 1. The minimum Gasteiger partial charge on any atom is -0.324 e. The molecule has 0 aliphatic heterocycles. The zero-order valence-corrected chi connectivity index (χ0v) is 8.68. The van der Waals surface area contributed by atoms with Crippen LogP contribution in [0.5, 0.6) is 0 Å². The average Bonchev–Trinajstić information content (AvgIpc) is 2.16. The molecule has 0 bridgehead atoms. The lowest BCUT2D eigenvalue weighted by atomic mass is 9.95. The van der Waals surface area contributed by atoms with Crippen LogP contribution in [0.3, 0.4) is 0 Å². The van der Waals surface area contributed by atoms with E-state index in [2.05, 4.69) is 0 Å². The van der Waals surface area contributed by atoms with Crippen molar-refractivity contribution in [1.82, 2.24) is 0 Å². The summed E-state index contributed by atoms with van der Waals surface area (Å²) in [6, 6.07) is 2.71. The van der Waals surface area contributed by atoms with Crippen molar-refractivity contribution in [3.05, 3.63) is 35.1 Å². The molecule has 0 aliphatic carbocycles. The van der Waals surface area contributed by atoms with E-state index in [0.717, 1.165) is 18.2 Å². The van der Waals surface area contributed by atoms with Crippen molar-refractivity contribution in [2.24, 2.45) is 11.7 Å². The van der Waals surface area contributed by atoms with Gasteiger partial charge in [0.15, 0.2) is 0 Å². The Morgan fingerprint density at radius 2 is 1.80 bits per heavy atom. The van der Waals surface area contributed by atoms with Crippen LogP contribution >= 0.6 is 0 Å². The van der Waals surface area contributed by atoms with Gasteiger partial charge in [-0.2, -0.15) is 0 Å². The van der Waals surface area contributed by atoms with Crippen LogP contribution in [-0.4, -0.2) is 0 Å². The number of hydrogen-bond acceptors (Lipinski definition) is 1. The summed E-state index contributed by atoms with van der Waals surface area (Å²) in [7, 11) is 0. The van der Waals surface area contributed by atoms with Gasteiger partial charge >= 0.3 is 0 Å². The van der Waals surface area contributed by atoms with Crippen molar-refractivity contribution in [2.75, 3.05) is 0 Å². The van der Waals surface area contributed by atoms with Crippen molar-refractivity contribution in [3.63, 3.8) is 0 Å². The Kier molecular flexibility index (Phi) is 3.74. The molecule has 1 nitrogen and oxygen atoms in total. The summed E-state index contributed by atoms with van der Waals surface area (Å²) in [4.78, 5) is 0. The van der Waals surface area contributed by atoms with E-state index in [-0.39, 0.29) is 17.0 Å². The quantitative estimate of drug-likeness (QED) is 0.824. The molecule has 0 unspecified atom stereocenters. The van der Waals surface area contributed by atoms with Gasteiger partial charge in [-0.15, -0.1) is 0 Å². The standard InChI is InChI=1S/C11H14F3N/c1-6(2)10(15)8-5-7(11(13)14)3-4-9(8)12/h3-6,10-11H,15H2,1-2H3/t10-/m0/s1. The summed E-state index contributed by atoms with van der Waals surface area (Å²) in [6.07, 6.45) is -2.59. The maximum absolute atomic E-state index is 13.3. The first-order chi connectivity index (χ1) is 6.93. The van der Waals surface area contributed by atoms with E-state index in [4.69, 9.17) is 5.73 Å². The highest BCUT2D eigenvalue weighted by Gasteiger charge is 2.17. The van der Waals surface area contributed by atoms with Crippen molar-refractivity contribution < 1.29 is 13.2 Å². The summed E-state index contributed by atoms with van der Waals surface area (Å²) in [5, 5.41) is 0. The van der Waals surface area contributed by atoms with E-state index >= 15 is 0 Å². The van der Waals surface area contributed by atoms with E-state index < -0.39 is 18.3 Å². The molecular formula is C11H14F3N. The van der Waals surface area contributed by atoms with Crippen LogP contribution in [0.15, 0.2) is 18.2 Å². The second-order valence-electron chi connectivity index (χ2n) is 3.85. The van der Waals surface area contributed by atoms with Gasteiger partial charge in [0.1, 0.15) is 5.82 Å². The molecule has 1 aromatic carbocycles. The van der Waals surface area contributed by atoms with Crippen molar-refractivity contribution in [2.45, 2.75) is 26.3 Å². The number of alkyl halides is 2. The van der Waals surface area contributed by atoms with Crippen LogP contribution in [0.25, 0.3) is 0 Å². The molecule has 0 saturated heterocycles. The number of hydrogen-bond donors (Lipinski definition) is 1. The molecule has 0 amide bonds. The van der Waals surface area contributed by atoms with Gasteiger partial charge in [0.25, 0.3) is 6.43 Å². The lowest BCUT2D eigenvalue weighted by Gasteiger charge is -2.17. The topological polar surface area (TPSA) is 26.0 Å². The summed E-state index contributed by atoms with van der Waals surface area (Å²) in [5.74, 6) is -0.520. The lowest BCUT2D eigenvalue weighted by Crippen LogP contribution is -2.18. The molecule has 1 atom stereocenters. The van der Waals surface area contributed by atoms with Gasteiger partial charge in [-0.05, 0) is 18.1 Å².